The Morgan fingerprint density at radius 1 is 1.27 bits per heavy atom. The third kappa shape index (κ3) is 4.22. The molecule has 2 N–H and O–H groups in total. The van der Waals surface area contributed by atoms with Gasteiger partial charge in [-0.25, -0.2) is 14.1 Å². The molecular weight excluding hydrogens is 429 g/mol. The number of hydrogen-bond donors (Lipinski definition) is 2. The van der Waals surface area contributed by atoms with E-state index in [0.717, 1.165) is 11.8 Å². The van der Waals surface area contributed by atoms with E-state index in [4.69, 9.17) is 11.6 Å². The third-order valence-electron chi connectivity index (χ3n) is 4.24. The van der Waals surface area contributed by atoms with Crippen molar-refractivity contribution in [1.29, 1.82) is 0 Å². The van der Waals surface area contributed by atoms with E-state index in [0.29, 0.717) is 27.4 Å². The number of aromatic amines is 1. The first-order chi connectivity index (χ1) is 14.4. The van der Waals surface area contributed by atoms with E-state index in [1.54, 1.807) is 31.2 Å². The number of nitrogens with zero attached hydrogens (tertiary/aromatic N) is 3. The van der Waals surface area contributed by atoms with Crippen LogP contribution in [0, 0.1) is 5.82 Å². The van der Waals surface area contributed by atoms with Crippen LogP contribution in [0.2, 0.25) is 5.02 Å². The van der Waals surface area contributed by atoms with Crippen molar-refractivity contribution in [3.05, 3.63) is 75.9 Å². The summed E-state index contributed by atoms with van der Waals surface area (Å²) in [7, 11) is 0. The number of thioether (sulfide) groups is 1. The number of amides is 1. The zero-order valence-electron chi connectivity index (χ0n) is 15.6. The standard InChI is InChI=1S/C20H15ClFN5O2S/c1-11(18(28)24-14-7-5-13(22)6-8-14)30-20-25-17-16(19(29)26-20)10-23-27(17)15-4-2-3-12(21)9-15/h2-11H,1H3,(H,24,28)(H,25,26,29). The van der Waals surface area contributed by atoms with Crippen LogP contribution >= 0.6 is 23.4 Å². The molecule has 1 atom stereocenters. The molecule has 0 aliphatic heterocycles. The van der Waals surface area contributed by atoms with Gasteiger partial charge < -0.3 is 10.3 Å². The second kappa shape index (κ2) is 8.29. The van der Waals surface area contributed by atoms with Gasteiger partial charge in [-0.3, -0.25) is 9.59 Å². The maximum absolute atomic E-state index is 13.0. The summed E-state index contributed by atoms with van der Waals surface area (Å²) in [5.74, 6) is -0.695. The van der Waals surface area contributed by atoms with Gasteiger partial charge in [0.25, 0.3) is 5.56 Å². The smallest absolute Gasteiger partial charge is 0.262 e. The fraction of sp³-hybridized carbons (Fsp3) is 0.100. The van der Waals surface area contributed by atoms with Crippen LogP contribution in [0.1, 0.15) is 6.92 Å². The number of carbonyl (C=O) groups is 1. The van der Waals surface area contributed by atoms with E-state index in [2.05, 4.69) is 20.4 Å². The molecule has 0 spiro atoms. The molecule has 4 aromatic rings. The lowest BCUT2D eigenvalue weighted by Crippen LogP contribution is -2.23. The SMILES string of the molecule is CC(Sc1nc2c(cnn2-c2cccc(Cl)c2)c(=O)[nH]1)C(=O)Nc1ccc(F)cc1. The van der Waals surface area contributed by atoms with Crippen LogP contribution in [0.15, 0.2) is 64.7 Å². The van der Waals surface area contributed by atoms with Crippen LogP contribution in [0.5, 0.6) is 0 Å². The number of halogens is 2. The van der Waals surface area contributed by atoms with Gasteiger partial charge in [0.1, 0.15) is 11.2 Å². The largest absolute Gasteiger partial charge is 0.325 e. The van der Waals surface area contributed by atoms with Crippen LogP contribution < -0.4 is 10.9 Å². The summed E-state index contributed by atoms with van der Waals surface area (Å²) in [6.07, 6.45) is 1.43. The van der Waals surface area contributed by atoms with Crippen molar-refractivity contribution in [2.45, 2.75) is 17.3 Å². The van der Waals surface area contributed by atoms with Gasteiger partial charge in [0, 0.05) is 10.7 Å². The summed E-state index contributed by atoms with van der Waals surface area (Å²) in [6.45, 7) is 1.68. The number of H-pyrrole nitrogens is 1. The van der Waals surface area contributed by atoms with Crippen LogP contribution in [0.4, 0.5) is 10.1 Å². The minimum Gasteiger partial charge on any atom is -0.325 e. The third-order valence-corrected chi connectivity index (χ3v) is 5.46. The first-order valence-electron chi connectivity index (χ1n) is 8.88. The Hall–Kier alpha value is -3.17. The van der Waals surface area contributed by atoms with E-state index in [9.17, 15) is 14.0 Å². The summed E-state index contributed by atoms with van der Waals surface area (Å²) in [6, 6.07) is 12.5. The summed E-state index contributed by atoms with van der Waals surface area (Å²) in [5.41, 5.74) is 1.13. The van der Waals surface area contributed by atoms with Gasteiger partial charge in [-0.2, -0.15) is 5.10 Å². The Balaban J connectivity index is 1.59. The van der Waals surface area contributed by atoms with Crippen molar-refractivity contribution in [3.8, 4) is 5.69 Å². The van der Waals surface area contributed by atoms with Crippen LogP contribution in [-0.4, -0.2) is 30.9 Å². The van der Waals surface area contributed by atoms with E-state index in [1.165, 1.54) is 35.1 Å². The average molecular weight is 444 g/mol. The number of fused-ring (bicyclic) bond motifs is 1. The van der Waals surface area contributed by atoms with Crippen LogP contribution in [-0.2, 0) is 4.79 Å². The van der Waals surface area contributed by atoms with Gasteiger partial charge in [0.2, 0.25) is 5.91 Å². The summed E-state index contributed by atoms with van der Waals surface area (Å²) >= 11 is 7.15. The summed E-state index contributed by atoms with van der Waals surface area (Å²) in [4.78, 5) is 32.1. The van der Waals surface area contributed by atoms with E-state index in [-0.39, 0.29) is 22.4 Å². The number of rotatable bonds is 5. The fourth-order valence-corrected chi connectivity index (χ4v) is 3.73. The second-order valence-corrected chi connectivity index (χ2v) is 8.17. The van der Waals surface area contributed by atoms with E-state index >= 15 is 0 Å². The van der Waals surface area contributed by atoms with Crippen LogP contribution in [0.3, 0.4) is 0 Å². The van der Waals surface area contributed by atoms with Gasteiger partial charge in [0.15, 0.2) is 10.8 Å². The average Bonchev–Trinajstić information content (AvgIpc) is 3.14. The quantitative estimate of drug-likeness (QED) is 0.359. The molecule has 0 fully saturated rings. The maximum atomic E-state index is 13.0. The molecule has 0 aliphatic rings. The number of carbonyl (C=O) groups excluding carboxylic acids is 1. The molecule has 0 saturated carbocycles. The minimum atomic E-state index is -0.571. The molecule has 4 rings (SSSR count). The summed E-state index contributed by atoms with van der Waals surface area (Å²) in [5, 5.41) is 7.50. The van der Waals surface area contributed by atoms with Gasteiger partial charge in [-0.15, -0.1) is 0 Å². The minimum absolute atomic E-state index is 0.276. The molecule has 2 aromatic carbocycles. The monoisotopic (exact) mass is 443 g/mol. The molecule has 2 heterocycles. The van der Waals surface area contributed by atoms with Crippen molar-refractivity contribution in [2.75, 3.05) is 5.32 Å². The van der Waals surface area contributed by atoms with E-state index < -0.39 is 5.25 Å². The fourth-order valence-electron chi connectivity index (χ4n) is 2.75. The Morgan fingerprint density at radius 3 is 2.77 bits per heavy atom. The number of benzene rings is 2. The van der Waals surface area contributed by atoms with Crippen molar-refractivity contribution in [1.82, 2.24) is 19.7 Å². The van der Waals surface area contributed by atoms with Gasteiger partial charge >= 0.3 is 0 Å². The molecule has 2 aromatic heterocycles. The Labute approximate surface area is 179 Å². The molecular formula is C20H15ClFN5O2S. The Morgan fingerprint density at radius 2 is 2.03 bits per heavy atom. The maximum Gasteiger partial charge on any atom is 0.262 e. The molecule has 10 heteroatoms. The highest BCUT2D eigenvalue weighted by molar-refractivity contribution is 8.00. The number of nitrogens with one attached hydrogen (secondary N) is 2. The zero-order valence-corrected chi connectivity index (χ0v) is 17.2. The highest BCUT2D eigenvalue weighted by Crippen LogP contribution is 2.23. The highest BCUT2D eigenvalue weighted by atomic mass is 35.5. The molecule has 0 radical (unpaired) electrons. The Bertz CT molecular complexity index is 1290. The molecule has 1 unspecified atom stereocenters. The number of anilines is 1. The zero-order chi connectivity index (χ0) is 21.3. The van der Waals surface area contributed by atoms with Gasteiger partial charge in [-0.1, -0.05) is 29.4 Å². The van der Waals surface area contributed by atoms with Crippen molar-refractivity contribution >= 4 is 46.0 Å². The lowest BCUT2D eigenvalue weighted by molar-refractivity contribution is -0.115. The van der Waals surface area contributed by atoms with Crippen molar-refractivity contribution in [3.63, 3.8) is 0 Å². The molecule has 0 saturated heterocycles. The highest BCUT2D eigenvalue weighted by Gasteiger charge is 2.18. The second-order valence-electron chi connectivity index (χ2n) is 6.40. The predicted molar refractivity (Wildman–Crippen MR) is 115 cm³/mol. The lowest BCUT2D eigenvalue weighted by Gasteiger charge is -2.11. The van der Waals surface area contributed by atoms with Gasteiger partial charge in [0.05, 0.1) is 17.1 Å². The number of aromatic nitrogens is 4. The predicted octanol–water partition coefficient (Wildman–Crippen LogP) is 4.02. The molecule has 0 aliphatic carbocycles. The molecule has 1 amide bonds. The first-order valence-corrected chi connectivity index (χ1v) is 10.1. The van der Waals surface area contributed by atoms with Crippen molar-refractivity contribution in [2.24, 2.45) is 0 Å². The topological polar surface area (TPSA) is 92.7 Å². The molecule has 7 nitrogen and oxygen atoms in total. The lowest BCUT2D eigenvalue weighted by atomic mass is 10.3. The Kier molecular flexibility index (Phi) is 5.56. The van der Waals surface area contributed by atoms with Crippen LogP contribution in [0.25, 0.3) is 16.7 Å². The molecule has 152 valence electrons. The normalized spacial score (nSPS) is 12.1. The molecule has 30 heavy (non-hydrogen) atoms. The van der Waals surface area contributed by atoms with Gasteiger partial charge in [-0.05, 0) is 49.4 Å². The molecule has 0 bridgehead atoms. The number of hydrogen-bond acceptors (Lipinski definition) is 5. The summed E-state index contributed by atoms with van der Waals surface area (Å²) < 4.78 is 14.5. The van der Waals surface area contributed by atoms with E-state index in [1.807, 2.05) is 0 Å². The van der Waals surface area contributed by atoms with Crippen molar-refractivity contribution < 1.29 is 9.18 Å². The first kappa shape index (κ1) is 20.1.